The zero-order chi connectivity index (χ0) is 11.4. The molecule has 0 aromatic heterocycles. The quantitative estimate of drug-likeness (QED) is 0.624. The second kappa shape index (κ2) is 5.16. The molecule has 0 aliphatic rings. The van der Waals surface area contributed by atoms with Crippen molar-refractivity contribution in [3.8, 4) is 0 Å². The predicted octanol–water partition coefficient (Wildman–Crippen LogP) is 4.68. The average Bonchev–Trinajstić information content (AvgIpc) is 2.12. The first kappa shape index (κ1) is 12.0. The normalized spacial score (nSPS) is 13.4. The van der Waals surface area contributed by atoms with Crippen molar-refractivity contribution in [3.05, 3.63) is 46.5 Å². The Morgan fingerprint density at radius 3 is 2.13 bits per heavy atom. The maximum absolute atomic E-state index is 2.31. The van der Waals surface area contributed by atoms with E-state index in [1.807, 2.05) is 0 Å². The third kappa shape index (κ3) is 2.95. The molecule has 0 bridgehead atoms. The second-order valence-electron chi connectivity index (χ2n) is 4.52. The van der Waals surface area contributed by atoms with Crippen LogP contribution in [0.15, 0.2) is 24.3 Å². The minimum absolute atomic E-state index is 0.627. The molecule has 0 fully saturated rings. The highest BCUT2D eigenvalue weighted by Crippen LogP contribution is 2.27. The molecule has 1 atom stereocenters. The smallest absolute Gasteiger partial charge is 0.0151 e. The molecule has 0 aliphatic carbocycles. The van der Waals surface area contributed by atoms with Crippen molar-refractivity contribution in [2.75, 3.05) is 0 Å². The Hall–Kier alpha value is -1.04. The predicted molar refractivity (Wildman–Crippen MR) is 68.5 cm³/mol. The first-order chi connectivity index (χ1) is 7.06. The van der Waals surface area contributed by atoms with Crippen molar-refractivity contribution in [1.29, 1.82) is 0 Å². The van der Waals surface area contributed by atoms with Crippen molar-refractivity contribution in [2.45, 2.75) is 47.0 Å². The fraction of sp³-hybridized carbons (Fsp3) is 0.467. The number of rotatable bonds is 3. The van der Waals surface area contributed by atoms with Crippen molar-refractivity contribution < 1.29 is 0 Å². The summed E-state index contributed by atoms with van der Waals surface area (Å²) in [6.45, 7) is 11.0. The molecule has 0 heteroatoms. The number of aryl methyl sites for hydroxylation is 3. The van der Waals surface area contributed by atoms with Crippen LogP contribution in [0.2, 0.25) is 0 Å². The molecule has 0 spiro atoms. The van der Waals surface area contributed by atoms with Gasteiger partial charge in [-0.1, -0.05) is 36.8 Å². The van der Waals surface area contributed by atoms with Crippen LogP contribution < -0.4 is 0 Å². The van der Waals surface area contributed by atoms with Gasteiger partial charge in [0.25, 0.3) is 0 Å². The maximum atomic E-state index is 2.31. The molecule has 0 amide bonds. The van der Waals surface area contributed by atoms with Crippen LogP contribution in [-0.2, 0) is 0 Å². The molecular formula is C15H22. The highest BCUT2D eigenvalue weighted by molar-refractivity contribution is 5.39. The Balaban J connectivity index is 3.02. The second-order valence-corrected chi connectivity index (χ2v) is 4.52. The van der Waals surface area contributed by atoms with Gasteiger partial charge in [-0.15, -0.1) is 0 Å². The fourth-order valence-corrected chi connectivity index (χ4v) is 2.43. The van der Waals surface area contributed by atoms with Gasteiger partial charge < -0.3 is 0 Å². The van der Waals surface area contributed by atoms with Gasteiger partial charge in [0.2, 0.25) is 0 Å². The van der Waals surface area contributed by atoms with Crippen LogP contribution in [0, 0.1) is 20.8 Å². The summed E-state index contributed by atoms with van der Waals surface area (Å²) in [5.41, 5.74) is 5.76. The number of benzene rings is 1. The van der Waals surface area contributed by atoms with E-state index in [0.717, 1.165) is 6.42 Å². The van der Waals surface area contributed by atoms with E-state index in [4.69, 9.17) is 0 Å². The standard InChI is InChI=1S/C15H22/c1-6-7-8-12(3)15-13(4)9-11(2)10-14(15)5/h6-7,9-10,12H,8H2,1-5H3/b7-6-. The van der Waals surface area contributed by atoms with Gasteiger partial charge in [-0.25, -0.2) is 0 Å². The van der Waals surface area contributed by atoms with Gasteiger partial charge in [-0.3, -0.25) is 0 Å². The number of hydrogen-bond donors (Lipinski definition) is 0. The molecule has 0 aliphatic heterocycles. The molecule has 1 aromatic rings. The number of hydrogen-bond acceptors (Lipinski definition) is 0. The van der Waals surface area contributed by atoms with Crippen LogP contribution in [0.25, 0.3) is 0 Å². The summed E-state index contributed by atoms with van der Waals surface area (Å²) in [5, 5.41) is 0. The summed E-state index contributed by atoms with van der Waals surface area (Å²) in [5.74, 6) is 0.627. The lowest BCUT2D eigenvalue weighted by Gasteiger charge is -2.17. The molecule has 1 aromatic carbocycles. The Morgan fingerprint density at radius 2 is 1.67 bits per heavy atom. The Kier molecular flexibility index (Phi) is 4.14. The number of allylic oxidation sites excluding steroid dienone is 2. The van der Waals surface area contributed by atoms with Crippen molar-refractivity contribution >= 4 is 0 Å². The van der Waals surface area contributed by atoms with Crippen LogP contribution in [-0.4, -0.2) is 0 Å². The highest BCUT2D eigenvalue weighted by Gasteiger charge is 2.10. The monoisotopic (exact) mass is 202 g/mol. The third-order valence-electron chi connectivity index (χ3n) is 2.96. The van der Waals surface area contributed by atoms with Crippen LogP contribution in [0.3, 0.4) is 0 Å². The van der Waals surface area contributed by atoms with Crippen molar-refractivity contribution in [1.82, 2.24) is 0 Å². The van der Waals surface area contributed by atoms with Gasteiger partial charge in [0.05, 0.1) is 0 Å². The molecule has 82 valence electrons. The molecule has 15 heavy (non-hydrogen) atoms. The topological polar surface area (TPSA) is 0 Å². The summed E-state index contributed by atoms with van der Waals surface area (Å²) in [4.78, 5) is 0. The van der Waals surface area contributed by atoms with Crippen molar-refractivity contribution in [3.63, 3.8) is 0 Å². The Labute approximate surface area is 94.0 Å². The molecule has 0 heterocycles. The maximum Gasteiger partial charge on any atom is -0.0151 e. The Bertz CT molecular complexity index is 335. The zero-order valence-electron chi connectivity index (χ0n) is 10.6. The van der Waals surface area contributed by atoms with E-state index in [2.05, 4.69) is 58.9 Å². The SMILES string of the molecule is C/C=C\CC(C)c1c(C)cc(C)cc1C. The van der Waals surface area contributed by atoms with Gasteiger partial charge in [0, 0.05) is 0 Å². The van der Waals surface area contributed by atoms with E-state index in [-0.39, 0.29) is 0 Å². The van der Waals surface area contributed by atoms with Gasteiger partial charge in [-0.05, 0) is 56.7 Å². The van der Waals surface area contributed by atoms with Crippen LogP contribution >= 0.6 is 0 Å². The third-order valence-corrected chi connectivity index (χ3v) is 2.96. The van der Waals surface area contributed by atoms with E-state index < -0.39 is 0 Å². The van der Waals surface area contributed by atoms with Crippen molar-refractivity contribution in [2.24, 2.45) is 0 Å². The molecule has 1 unspecified atom stereocenters. The van der Waals surface area contributed by atoms with E-state index >= 15 is 0 Å². The van der Waals surface area contributed by atoms with E-state index in [1.54, 1.807) is 0 Å². The fourth-order valence-electron chi connectivity index (χ4n) is 2.43. The molecule has 0 radical (unpaired) electrons. The lowest BCUT2D eigenvalue weighted by atomic mass is 9.88. The Morgan fingerprint density at radius 1 is 1.13 bits per heavy atom. The van der Waals surface area contributed by atoms with Gasteiger partial charge >= 0.3 is 0 Å². The summed E-state index contributed by atoms with van der Waals surface area (Å²) < 4.78 is 0. The first-order valence-electron chi connectivity index (χ1n) is 5.75. The molecule has 0 N–H and O–H groups in total. The lowest BCUT2D eigenvalue weighted by molar-refractivity contribution is 0.765. The summed E-state index contributed by atoms with van der Waals surface area (Å²) in [7, 11) is 0. The zero-order valence-corrected chi connectivity index (χ0v) is 10.6. The van der Waals surface area contributed by atoms with Gasteiger partial charge in [-0.2, -0.15) is 0 Å². The minimum atomic E-state index is 0.627. The highest BCUT2D eigenvalue weighted by atomic mass is 14.1. The average molecular weight is 202 g/mol. The summed E-state index contributed by atoms with van der Waals surface area (Å²) in [6, 6.07) is 4.57. The molecule has 1 rings (SSSR count). The van der Waals surface area contributed by atoms with E-state index in [9.17, 15) is 0 Å². The van der Waals surface area contributed by atoms with Gasteiger partial charge in [0.1, 0.15) is 0 Å². The first-order valence-corrected chi connectivity index (χ1v) is 5.75. The summed E-state index contributed by atoms with van der Waals surface area (Å²) in [6.07, 6.45) is 5.53. The molecule has 0 saturated carbocycles. The largest absolute Gasteiger partial charge is 0.0916 e. The van der Waals surface area contributed by atoms with Gasteiger partial charge in [0.15, 0.2) is 0 Å². The van der Waals surface area contributed by atoms with Crippen LogP contribution in [0.4, 0.5) is 0 Å². The van der Waals surface area contributed by atoms with E-state index in [1.165, 1.54) is 22.3 Å². The van der Waals surface area contributed by atoms with Crippen LogP contribution in [0.1, 0.15) is 48.4 Å². The van der Waals surface area contributed by atoms with E-state index in [0.29, 0.717) is 5.92 Å². The minimum Gasteiger partial charge on any atom is -0.0916 e. The molecular weight excluding hydrogens is 180 g/mol. The summed E-state index contributed by atoms with van der Waals surface area (Å²) >= 11 is 0. The molecule has 0 nitrogen and oxygen atoms in total. The van der Waals surface area contributed by atoms with Crippen LogP contribution in [0.5, 0.6) is 0 Å². The molecule has 0 saturated heterocycles. The lowest BCUT2D eigenvalue weighted by Crippen LogP contribution is -1.99.